The molecule has 0 spiro atoms. The van der Waals surface area contributed by atoms with Gasteiger partial charge in [0.1, 0.15) is 5.82 Å². The van der Waals surface area contributed by atoms with Gasteiger partial charge in [-0.1, -0.05) is 29.8 Å². The minimum Gasteiger partial charge on any atom is -0.348 e. The summed E-state index contributed by atoms with van der Waals surface area (Å²) in [6.07, 6.45) is 3.37. The number of carbonyl (C=O) groups excluding carboxylic acids is 1. The van der Waals surface area contributed by atoms with E-state index in [0.29, 0.717) is 23.5 Å². The Kier molecular flexibility index (Phi) is 5.04. The van der Waals surface area contributed by atoms with Gasteiger partial charge in [0.25, 0.3) is 5.91 Å². The molecule has 3 aromatic rings. The third kappa shape index (κ3) is 4.11. The molecular weight excluding hydrogens is 324 g/mol. The van der Waals surface area contributed by atoms with Crippen LogP contribution in [0.4, 0.5) is 0 Å². The summed E-state index contributed by atoms with van der Waals surface area (Å²) in [4.78, 5) is 20.8. The molecule has 0 aliphatic carbocycles. The second-order valence-corrected chi connectivity index (χ2v) is 6.10. The van der Waals surface area contributed by atoms with Crippen molar-refractivity contribution in [3.63, 3.8) is 0 Å². The van der Waals surface area contributed by atoms with E-state index >= 15 is 0 Å². The first-order chi connectivity index (χ1) is 12.5. The normalized spacial score (nSPS) is 10.2. The van der Waals surface area contributed by atoms with Gasteiger partial charge >= 0.3 is 0 Å². The van der Waals surface area contributed by atoms with Gasteiger partial charge in [-0.05, 0) is 43.2 Å². The number of nitrogens with one attached hydrogen (secondary N) is 1. The number of benzene rings is 2. The lowest BCUT2D eigenvalue weighted by atomic mass is 9.99. The van der Waals surface area contributed by atoms with E-state index < -0.39 is 0 Å². The van der Waals surface area contributed by atoms with Crippen molar-refractivity contribution in [1.29, 1.82) is 5.26 Å². The quantitative estimate of drug-likeness (QED) is 0.786. The van der Waals surface area contributed by atoms with Crippen molar-refractivity contribution in [3.8, 4) is 17.2 Å². The van der Waals surface area contributed by atoms with Gasteiger partial charge in [-0.3, -0.25) is 4.79 Å². The fraction of sp³-hybridized carbons (Fsp3) is 0.143. The third-order valence-corrected chi connectivity index (χ3v) is 4.00. The number of carbonyl (C=O) groups is 1. The van der Waals surface area contributed by atoms with Crippen molar-refractivity contribution in [2.75, 3.05) is 0 Å². The Bertz CT molecular complexity index is 970. The van der Waals surface area contributed by atoms with E-state index in [-0.39, 0.29) is 5.91 Å². The maximum atomic E-state index is 12.5. The fourth-order valence-corrected chi connectivity index (χ4v) is 2.53. The maximum Gasteiger partial charge on any atom is 0.251 e. The molecule has 2 aromatic carbocycles. The van der Waals surface area contributed by atoms with Crippen LogP contribution in [0.15, 0.2) is 54.9 Å². The summed E-state index contributed by atoms with van der Waals surface area (Å²) in [5, 5.41) is 12.1. The molecule has 5 nitrogen and oxygen atoms in total. The van der Waals surface area contributed by atoms with Crippen LogP contribution in [0.25, 0.3) is 11.1 Å². The van der Waals surface area contributed by atoms with Crippen molar-refractivity contribution in [1.82, 2.24) is 15.3 Å². The van der Waals surface area contributed by atoms with Gasteiger partial charge < -0.3 is 5.32 Å². The number of nitrogens with zero attached hydrogens (tertiary/aromatic N) is 3. The molecule has 1 aromatic heterocycles. The first-order valence-electron chi connectivity index (χ1n) is 8.23. The lowest BCUT2D eigenvalue weighted by molar-refractivity contribution is 0.0951. The largest absolute Gasteiger partial charge is 0.348 e. The van der Waals surface area contributed by atoms with Crippen LogP contribution in [0.2, 0.25) is 0 Å². The average Bonchev–Trinajstić information content (AvgIpc) is 2.67. The highest BCUT2D eigenvalue weighted by molar-refractivity contribution is 5.96. The van der Waals surface area contributed by atoms with Gasteiger partial charge in [-0.25, -0.2) is 9.97 Å². The highest BCUT2D eigenvalue weighted by Gasteiger charge is 2.10. The van der Waals surface area contributed by atoms with Gasteiger partial charge in [0.15, 0.2) is 0 Å². The zero-order valence-electron chi connectivity index (χ0n) is 14.7. The molecule has 3 rings (SSSR count). The average molecular weight is 342 g/mol. The topological polar surface area (TPSA) is 78.7 Å². The molecule has 0 bridgehead atoms. The number of aryl methyl sites for hydroxylation is 2. The SMILES string of the molecule is Cc1ccc(-c2cc(C#N)cc(C(=O)NCc3cnc(C)nc3)c2)cc1. The molecule has 0 fully saturated rings. The van der Waals surface area contributed by atoms with Crippen LogP contribution in [0.1, 0.15) is 32.9 Å². The van der Waals surface area contributed by atoms with E-state index in [9.17, 15) is 10.1 Å². The summed E-state index contributed by atoms with van der Waals surface area (Å²) in [6.45, 7) is 4.15. The second kappa shape index (κ2) is 7.58. The zero-order valence-corrected chi connectivity index (χ0v) is 14.7. The van der Waals surface area contributed by atoms with Crippen molar-refractivity contribution < 1.29 is 4.79 Å². The lowest BCUT2D eigenvalue weighted by Gasteiger charge is -2.09. The van der Waals surface area contributed by atoms with Gasteiger partial charge in [0, 0.05) is 30.1 Å². The molecule has 1 N–H and O–H groups in total. The van der Waals surface area contributed by atoms with Crippen molar-refractivity contribution in [2.45, 2.75) is 20.4 Å². The molecule has 1 amide bonds. The summed E-state index contributed by atoms with van der Waals surface area (Å²) in [6, 6.07) is 15.3. The zero-order chi connectivity index (χ0) is 18.5. The molecule has 5 heteroatoms. The number of hydrogen-bond acceptors (Lipinski definition) is 4. The van der Waals surface area contributed by atoms with E-state index in [0.717, 1.165) is 22.3 Å². The molecule has 0 atom stereocenters. The Morgan fingerprint density at radius 2 is 1.73 bits per heavy atom. The molecule has 0 radical (unpaired) electrons. The predicted molar refractivity (Wildman–Crippen MR) is 99.3 cm³/mol. The number of hydrogen-bond donors (Lipinski definition) is 1. The van der Waals surface area contributed by atoms with E-state index in [1.54, 1.807) is 30.6 Å². The second-order valence-electron chi connectivity index (χ2n) is 6.10. The van der Waals surface area contributed by atoms with Crippen molar-refractivity contribution >= 4 is 5.91 Å². The number of amides is 1. The molecule has 128 valence electrons. The van der Waals surface area contributed by atoms with Gasteiger partial charge in [0.05, 0.1) is 11.6 Å². The Hall–Kier alpha value is -3.52. The van der Waals surface area contributed by atoms with Crippen LogP contribution in [0, 0.1) is 25.2 Å². The Morgan fingerprint density at radius 1 is 1.04 bits per heavy atom. The van der Waals surface area contributed by atoms with Crippen molar-refractivity contribution in [3.05, 3.63) is 82.9 Å². The van der Waals surface area contributed by atoms with E-state index in [1.807, 2.05) is 38.1 Å². The van der Waals surface area contributed by atoms with Crippen molar-refractivity contribution in [2.24, 2.45) is 0 Å². The van der Waals surface area contributed by atoms with E-state index in [2.05, 4.69) is 21.4 Å². The van der Waals surface area contributed by atoms with Crippen LogP contribution in [-0.4, -0.2) is 15.9 Å². The molecule has 0 aliphatic heterocycles. The van der Waals surface area contributed by atoms with Crippen LogP contribution in [0.5, 0.6) is 0 Å². The van der Waals surface area contributed by atoms with Crippen LogP contribution in [0.3, 0.4) is 0 Å². The molecule has 0 saturated carbocycles. The first-order valence-corrected chi connectivity index (χ1v) is 8.23. The summed E-state index contributed by atoms with van der Waals surface area (Å²) >= 11 is 0. The number of aromatic nitrogens is 2. The number of nitriles is 1. The summed E-state index contributed by atoms with van der Waals surface area (Å²) < 4.78 is 0. The molecular formula is C21H18N4O. The highest BCUT2D eigenvalue weighted by atomic mass is 16.1. The summed E-state index contributed by atoms with van der Waals surface area (Å²) in [5.74, 6) is 0.445. The molecule has 0 saturated heterocycles. The maximum absolute atomic E-state index is 12.5. The summed E-state index contributed by atoms with van der Waals surface area (Å²) in [7, 11) is 0. The molecule has 1 heterocycles. The molecule has 0 unspecified atom stereocenters. The van der Waals surface area contributed by atoms with Gasteiger partial charge in [0.2, 0.25) is 0 Å². The predicted octanol–water partition coefficient (Wildman–Crippen LogP) is 3.56. The van der Waals surface area contributed by atoms with Gasteiger partial charge in [-0.15, -0.1) is 0 Å². The summed E-state index contributed by atoms with van der Waals surface area (Å²) in [5.41, 5.74) is 4.68. The molecule has 0 aliphatic rings. The van der Waals surface area contributed by atoms with Gasteiger partial charge in [-0.2, -0.15) is 5.26 Å². The van der Waals surface area contributed by atoms with Crippen LogP contribution in [-0.2, 0) is 6.54 Å². The van der Waals surface area contributed by atoms with E-state index in [4.69, 9.17) is 0 Å². The molecule has 26 heavy (non-hydrogen) atoms. The Morgan fingerprint density at radius 3 is 2.38 bits per heavy atom. The van der Waals surface area contributed by atoms with E-state index in [1.165, 1.54) is 0 Å². The highest BCUT2D eigenvalue weighted by Crippen LogP contribution is 2.23. The third-order valence-electron chi connectivity index (χ3n) is 4.00. The van der Waals surface area contributed by atoms with Crippen LogP contribution >= 0.6 is 0 Å². The van der Waals surface area contributed by atoms with Crippen LogP contribution < -0.4 is 5.32 Å². The minimum atomic E-state index is -0.240. The first kappa shape index (κ1) is 17.3. The lowest BCUT2D eigenvalue weighted by Crippen LogP contribution is -2.23. The standard InChI is InChI=1S/C21H18N4O/c1-14-3-5-18(6-4-14)19-7-16(10-22)8-20(9-19)21(26)25-13-17-11-23-15(2)24-12-17/h3-9,11-12H,13H2,1-2H3,(H,25,26). The monoisotopic (exact) mass is 342 g/mol. The fourth-order valence-electron chi connectivity index (χ4n) is 2.53. The smallest absolute Gasteiger partial charge is 0.251 e. The Labute approximate surface area is 152 Å². The minimum absolute atomic E-state index is 0.240. The number of rotatable bonds is 4. The Balaban J connectivity index is 1.83.